The molecule has 0 heterocycles. The van der Waals surface area contributed by atoms with Crippen LogP contribution in [0.2, 0.25) is 0 Å². The van der Waals surface area contributed by atoms with Crippen LogP contribution in [0.3, 0.4) is 0 Å². The molecule has 1 aliphatic carbocycles. The van der Waals surface area contributed by atoms with E-state index >= 15 is 0 Å². The number of carbonyl (C=O) groups excluding carboxylic acids is 1. The standard InChI is InChI=1S/C16H20FNO3/c1-3-15(2,14(20)21)10-18-13(19)16(8-9-16)11-4-6-12(17)7-5-11/h4-7H,3,8-10H2,1-2H3,(H,18,19)(H,20,21). The fraction of sp³-hybridized carbons (Fsp3) is 0.500. The van der Waals surface area contributed by atoms with Crippen LogP contribution in [0.15, 0.2) is 24.3 Å². The van der Waals surface area contributed by atoms with Crippen LogP contribution in [0.5, 0.6) is 0 Å². The van der Waals surface area contributed by atoms with Crippen molar-refractivity contribution in [1.29, 1.82) is 0 Å². The number of rotatable bonds is 6. The molecule has 0 aromatic heterocycles. The first-order valence-electron chi connectivity index (χ1n) is 7.12. The Morgan fingerprint density at radius 2 is 1.90 bits per heavy atom. The van der Waals surface area contributed by atoms with Crippen molar-refractivity contribution in [2.24, 2.45) is 5.41 Å². The molecule has 1 unspecified atom stereocenters. The molecule has 2 N–H and O–H groups in total. The third-order valence-corrected chi connectivity index (χ3v) is 4.52. The molecule has 0 bridgehead atoms. The number of nitrogens with one attached hydrogen (secondary N) is 1. The second kappa shape index (κ2) is 5.47. The van der Waals surface area contributed by atoms with Crippen molar-refractivity contribution in [2.75, 3.05) is 6.54 Å². The lowest BCUT2D eigenvalue weighted by atomic mass is 9.87. The topological polar surface area (TPSA) is 66.4 Å². The lowest BCUT2D eigenvalue weighted by molar-refractivity contribution is -0.148. The van der Waals surface area contributed by atoms with Crippen molar-refractivity contribution in [3.63, 3.8) is 0 Å². The summed E-state index contributed by atoms with van der Waals surface area (Å²) in [6.07, 6.45) is 1.85. The Kier molecular flexibility index (Phi) is 4.03. The van der Waals surface area contributed by atoms with Crippen molar-refractivity contribution < 1.29 is 19.1 Å². The maximum absolute atomic E-state index is 13.0. The lowest BCUT2D eigenvalue weighted by Gasteiger charge is -2.25. The van der Waals surface area contributed by atoms with Crippen LogP contribution in [0.1, 0.15) is 38.7 Å². The van der Waals surface area contributed by atoms with Gasteiger partial charge in [-0.25, -0.2) is 4.39 Å². The summed E-state index contributed by atoms with van der Waals surface area (Å²) < 4.78 is 13.0. The van der Waals surface area contributed by atoms with E-state index < -0.39 is 16.8 Å². The summed E-state index contributed by atoms with van der Waals surface area (Å²) in [7, 11) is 0. The molecule has 0 saturated heterocycles. The average Bonchev–Trinajstić information content (AvgIpc) is 3.26. The van der Waals surface area contributed by atoms with Gasteiger partial charge in [-0.1, -0.05) is 19.1 Å². The summed E-state index contributed by atoms with van der Waals surface area (Å²) in [4.78, 5) is 23.6. The highest BCUT2D eigenvalue weighted by Crippen LogP contribution is 2.48. The third-order valence-electron chi connectivity index (χ3n) is 4.52. The van der Waals surface area contributed by atoms with Gasteiger partial charge in [0.2, 0.25) is 5.91 Å². The molecule has 1 fully saturated rings. The second-order valence-electron chi connectivity index (χ2n) is 5.99. The van der Waals surface area contributed by atoms with Gasteiger partial charge in [-0.3, -0.25) is 9.59 Å². The molecule has 0 aliphatic heterocycles. The molecular weight excluding hydrogens is 273 g/mol. The quantitative estimate of drug-likeness (QED) is 0.846. The van der Waals surface area contributed by atoms with E-state index in [1.165, 1.54) is 12.1 Å². The molecule has 5 heteroatoms. The van der Waals surface area contributed by atoms with Crippen molar-refractivity contribution >= 4 is 11.9 Å². The van der Waals surface area contributed by atoms with E-state index in [0.29, 0.717) is 19.3 Å². The summed E-state index contributed by atoms with van der Waals surface area (Å²) in [5.41, 5.74) is -0.787. The molecule has 1 amide bonds. The number of hydrogen-bond acceptors (Lipinski definition) is 2. The molecule has 1 aromatic rings. The van der Waals surface area contributed by atoms with Gasteiger partial charge in [-0.2, -0.15) is 0 Å². The van der Waals surface area contributed by atoms with Crippen LogP contribution in [-0.4, -0.2) is 23.5 Å². The maximum atomic E-state index is 13.0. The van der Waals surface area contributed by atoms with Gasteiger partial charge >= 0.3 is 5.97 Å². The number of benzene rings is 1. The van der Waals surface area contributed by atoms with Crippen LogP contribution in [0.4, 0.5) is 4.39 Å². The fourth-order valence-electron chi connectivity index (χ4n) is 2.34. The zero-order valence-corrected chi connectivity index (χ0v) is 12.3. The second-order valence-corrected chi connectivity index (χ2v) is 5.99. The molecule has 114 valence electrons. The first-order chi connectivity index (χ1) is 9.84. The van der Waals surface area contributed by atoms with Crippen LogP contribution >= 0.6 is 0 Å². The van der Waals surface area contributed by atoms with E-state index in [4.69, 9.17) is 0 Å². The van der Waals surface area contributed by atoms with Crippen molar-refractivity contribution in [3.8, 4) is 0 Å². The number of aliphatic carboxylic acids is 1. The first kappa shape index (κ1) is 15.5. The predicted molar refractivity (Wildman–Crippen MR) is 76.4 cm³/mol. The summed E-state index contributed by atoms with van der Waals surface area (Å²) in [6.45, 7) is 3.50. The number of hydrogen-bond donors (Lipinski definition) is 2. The van der Waals surface area contributed by atoms with Crippen LogP contribution in [-0.2, 0) is 15.0 Å². The lowest BCUT2D eigenvalue weighted by Crippen LogP contribution is -2.44. The molecule has 0 spiro atoms. The Morgan fingerprint density at radius 3 is 2.33 bits per heavy atom. The van der Waals surface area contributed by atoms with E-state index in [9.17, 15) is 19.1 Å². The van der Waals surface area contributed by atoms with Gasteiger partial charge in [0.25, 0.3) is 0 Å². The zero-order chi connectivity index (χ0) is 15.7. The van der Waals surface area contributed by atoms with Gasteiger partial charge in [0, 0.05) is 6.54 Å². The van der Waals surface area contributed by atoms with E-state index in [0.717, 1.165) is 5.56 Å². The number of carboxylic acids is 1. The minimum absolute atomic E-state index is 0.0978. The Balaban J connectivity index is 2.07. The number of halogens is 1. The molecule has 2 rings (SSSR count). The Bertz CT molecular complexity index is 551. The molecule has 21 heavy (non-hydrogen) atoms. The van der Waals surface area contributed by atoms with Crippen molar-refractivity contribution in [2.45, 2.75) is 38.5 Å². The molecule has 0 radical (unpaired) electrons. The summed E-state index contributed by atoms with van der Waals surface area (Å²) in [5, 5.41) is 12.0. The number of carboxylic acid groups (broad SMARTS) is 1. The Labute approximate surface area is 123 Å². The average molecular weight is 293 g/mol. The molecule has 1 atom stereocenters. The minimum atomic E-state index is -0.964. The van der Waals surface area contributed by atoms with E-state index in [-0.39, 0.29) is 18.3 Å². The van der Waals surface area contributed by atoms with E-state index in [2.05, 4.69) is 5.32 Å². The SMILES string of the molecule is CCC(C)(CNC(=O)C1(c2ccc(F)cc2)CC1)C(=O)O. The number of amides is 1. The van der Waals surface area contributed by atoms with Gasteiger partial charge in [0.05, 0.1) is 10.8 Å². The highest BCUT2D eigenvalue weighted by molar-refractivity contribution is 5.91. The third kappa shape index (κ3) is 2.91. The van der Waals surface area contributed by atoms with Gasteiger partial charge in [-0.15, -0.1) is 0 Å². The number of carbonyl (C=O) groups is 2. The predicted octanol–water partition coefficient (Wildman–Crippen LogP) is 2.47. The smallest absolute Gasteiger partial charge is 0.311 e. The van der Waals surface area contributed by atoms with Crippen LogP contribution in [0, 0.1) is 11.2 Å². The molecule has 1 saturated carbocycles. The monoisotopic (exact) mass is 293 g/mol. The van der Waals surface area contributed by atoms with Gasteiger partial charge in [-0.05, 0) is 43.9 Å². The highest BCUT2D eigenvalue weighted by Gasteiger charge is 2.51. The Morgan fingerprint density at radius 1 is 1.33 bits per heavy atom. The summed E-state index contributed by atoms with van der Waals surface area (Å²) >= 11 is 0. The van der Waals surface area contributed by atoms with Crippen molar-refractivity contribution in [1.82, 2.24) is 5.32 Å². The van der Waals surface area contributed by atoms with Crippen LogP contribution in [0.25, 0.3) is 0 Å². The molecular formula is C16H20FNO3. The van der Waals surface area contributed by atoms with Gasteiger partial charge in [0.15, 0.2) is 0 Å². The summed E-state index contributed by atoms with van der Waals surface area (Å²) in [5.74, 6) is -1.42. The van der Waals surface area contributed by atoms with Crippen LogP contribution < -0.4 is 5.32 Å². The van der Waals surface area contributed by atoms with Gasteiger partial charge < -0.3 is 10.4 Å². The highest BCUT2D eigenvalue weighted by atomic mass is 19.1. The molecule has 1 aromatic carbocycles. The summed E-state index contributed by atoms with van der Waals surface area (Å²) in [6, 6.07) is 5.93. The largest absolute Gasteiger partial charge is 0.481 e. The fourth-order valence-corrected chi connectivity index (χ4v) is 2.34. The maximum Gasteiger partial charge on any atom is 0.311 e. The van der Waals surface area contributed by atoms with E-state index in [1.54, 1.807) is 26.0 Å². The minimum Gasteiger partial charge on any atom is -0.481 e. The normalized spacial score (nSPS) is 18.6. The molecule has 1 aliphatic rings. The molecule has 4 nitrogen and oxygen atoms in total. The first-order valence-corrected chi connectivity index (χ1v) is 7.12. The van der Waals surface area contributed by atoms with E-state index in [1.807, 2.05) is 0 Å². The zero-order valence-electron chi connectivity index (χ0n) is 12.3. The van der Waals surface area contributed by atoms with Crippen molar-refractivity contribution in [3.05, 3.63) is 35.6 Å². The van der Waals surface area contributed by atoms with Gasteiger partial charge in [0.1, 0.15) is 5.82 Å². The Hall–Kier alpha value is -1.91.